The summed E-state index contributed by atoms with van der Waals surface area (Å²) in [6.07, 6.45) is 1.50. The maximum atomic E-state index is 11.3. The van der Waals surface area contributed by atoms with Gasteiger partial charge in [-0.3, -0.25) is 4.79 Å². The molecule has 92 valence electrons. The van der Waals surface area contributed by atoms with Crippen LogP contribution in [0.1, 0.15) is 5.56 Å². The van der Waals surface area contributed by atoms with Crippen molar-refractivity contribution in [3.63, 3.8) is 0 Å². The molecule has 7 heteroatoms. The van der Waals surface area contributed by atoms with Gasteiger partial charge in [-0.05, 0) is 12.1 Å². The zero-order valence-electron chi connectivity index (χ0n) is 9.62. The van der Waals surface area contributed by atoms with Crippen LogP contribution in [0.25, 0.3) is 0 Å². The molecule has 0 aliphatic rings. The highest BCUT2D eigenvalue weighted by Crippen LogP contribution is 2.15. The van der Waals surface area contributed by atoms with E-state index >= 15 is 0 Å². The fourth-order valence-electron chi connectivity index (χ4n) is 0.940. The molecule has 0 fully saturated rings. The van der Waals surface area contributed by atoms with Crippen LogP contribution in [0, 0.1) is 0 Å². The molecule has 1 aromatic rings. The Labute approximate surface area is 104 Å². The van der Waals surface area contributed by atoms with Crippen LogP contribution in [0.4, 0.5) is 0 Å². The molecule has 6 nitrogen and oxygen atoms in total. The normalized spacial score (nSPS) is 11.3. The fraction of sp³-hybridized carbons (Fsp3) is 0.300. The number of rotatable bonds is 4. The van der Waals surface area contributed by atoms with Gasteiger partial charge in [-0.25, -0.2) is 4.98 Å². The maximum Gasteiger partial charge on any atom is 0.232 e. The number of hydrogen-bond donors (Lipinski definition) is 2. The average molecular weight is 254 g/mol. The Morgan fingerprint density at radius 3 is 2.76 bits per heavy atom. The number of hydrogen-bond acceptors (Lipinski definition) is 5. The number of amidine groups is 1. The van der Waals surface area contributed by atoms with Crippen LogP contribution in [-0.2, 0) is 4.79 Å². The zero-order valence-corrected chi connectivity index (χ0v) is 10.4. The number of nitrogens with zero attached hydrogens (tertiary/aromatic N) is 3. The van der Waals surface area contributed by atoms with Crippen LogP contribution >= 0.6 is 11.8 Å². The van der Waals surface area contributed by atoms with E-state index in [4.69, 9.17) is 10.9 Å². The lowest BCUT2D eigenvalue weighted by Crippen LogP contribution is -2.23. The molecule has 0 radical (unpaired) electrons. The second-order valence-corrected chi connectivity index (χ2v) is 4.44. The molecule has 1 rings (SSSR count). The number of carbonyl (C=O) groups is 1. The molecule has 0 aromatic carbocycles. The first-order valence-corrected chi connectivity index (χ1v) is 5.80. The highest BCUT2D eigenvalue weighted by molar-refractivity contribution is 7.99. The lowest BCUT2D eigenvalue weighted by Gasteiger charge is -2.09. The Balaban J connectivity index is 2.60. The highest BCUT2D eigenvalue weighted by Gasteiger charge is 2.06. The van der Waals surface area contributed by atoms with Crippen LogP contribution in [0.5, 0.6) is 0 Å². The van der Waals surface area contributed by atoms with Gasteiger partial charge in [-0.2, -0.15) is 0 Å². The van der Waals surface area contributed by atoms with Crippen LogP contribution in [0.15, 0.2) is 28.5 Å². The molecule has 1 aromatic heterocycles. The average Bonchev–Trinajstić information content (AvgIpc) is 2.35. The molecule has 0 saturated heterocycles. The van der Waals surface area contributed by atoms with Gasteiger partial charge < -0.3 is 15.8 Å². The number of oxime groups is 1. The van der Waals surface area contributed by atoms with Gasteiger partial charge in [-0.15, -0.1) is 0 Å². The minimum absolute atomic E-state index is 0.0124. The van der Waals surface area contributed by atoms with Gasteiger partial charge >= 0.3 is 0 Å². The van der Waals surface area contributed by atoms with E-state index in [2.05, 4.69) is 10.1 Å². The van der Waals surface area contributed by atoms with Crippen LogP contribution in [0.2, 0.25) is 0 Å². The Morgan fingerprint density at radius 1 is 1.59 bits per heavy atom. The Hall–Kier alpha value is -1.76. The Kier molecular flexibility index (Phi) is 4.77. The minimum atomic E-state index is 0.0124. The number of thioether (sulfide) groups is 1. The van der Waals surface area contributed by atoms with Crippen LogP contribution in [0.3, 0.4) is 0 Å². The van der Waals surface area contributed by atoms with Crippen molar-refractivity contribution in [3.8, 4) is 0 Å². The summed E-state index contributed by atoms with van der Waals surface area (Å²) in [7, 11) is 3.41. The standard InChI is InChI=1S/C10H14N4O2S/c1-14(2)9(15)6-17-8-4-3-7(5-12-8)10(11)13-16/h3-5,16H,6H2,1-2H3,(H2,11,13). The van der Waals surface area contributed by atoms with Gasteiger partial charge in [-0.1, -0.05) is 16.9 Å². The van der Waals surface area contributed by atoms with Gasteiger partial charge in [0.15, 0.2) is 5.84 Å². The SMILES string of the molecule is CN(C)C(=O)CSc1ccc(/C(N)=N/O)cn1. The van der Waals surface area contributed by atoms with Crippen molar-refractivity contribution in [1.82, 2.24) is 9.88 Å². The molecule has 0 aliphatic carbocycles. The number of nitrogens with two attached hydrogens (primary N) is 1. The number of amides is 1. The van der Waals surface area contributed by atoms with Crippen molar-refractivity contribution in [2.24, 2.45) is 10.9 Å². The van der Waals surface area contributed by atoms with Gasteiger partial charge in [0.2, 0.25) is 5.91 Å². The predicted molar refractivity (Wildman–Crippen MR) is 66.2 cm³/mol. The molecule has 0 saturated carbocycles. The molecule has 0 bridgehead atoms. The van der Waals surface area contributed by atoms with Crippen molar-refractivity contribution in [3.05, 3.63) is 23.9 Å². The van der Waals surface area contributed by atoms with E-state index in [-0.39, 0.29) is 11.7 Å². The number of aromatic nitrogens is 1. The lowest BCUT2D eigenvalue weighted by atomic mass is 10.3. The quantitative estimate of drug-likeness (QED) is 0.266. The smallest absolute Gasteiger partial charge is 0.232 e. The molecule has 0 aliphatic heterocycles. The summed E-state index contributed by atoms with van der Waals surface area (Å²) in [6, 6.07) is 3.41. The van der Waals surface area contributed by atoms with E-state index in [1.165, 1.54) is 22.9 Å². The monoisotopic (exact) mass is 254 g/mol. The van der Waals surface area contributed by atoms with E-state index in [9.17, 15) is 4.79 Å². The Morgan fingerprint density at radius 2 is 2.29 bits per heavy atom. The first-order chi connectivity index (χ1) is 8.04. The van der Waals surface area contributed by atoms with Crippen LogP contribution in [-0.4, -0.2) is 46.7 Å². The Bertz CT molecular complexity index is 417. The summed E-state index contributed by atoms with van der Waals surface area (Å²) < 4.78 is 0. The molecular weight excluding hydrogens is 240 g/mol. The summed E-state index contributed by atoms with van der Waals surface area (Å²) in [5.74, 6) is 0.374. The highest BCUT2D eigenvalue weighted by atomic mass is 32.2. The van der Waals surface area contributed by atoms with Crippen molar-refractivity contribution in [2.75, 3.05) is 19.8 Å². The molecule has 3 N–H and O–H groups in total. The summed E-state index contributed by atoms with van der Waals surface area (Å²) in [5, 5.41) is 12.1. The van der Waals surface area contributed by atoms with Crippen molar-refractivity contribution in [1.29, 1.82) is 0 Å². The van der Waals surface area contributed by atoms with Gasteiger partial charge in [0.25, 0.3) is 0 Å². The molecule has 0 spiro atoms. The third kappa shape index (κ3) is 3.95. The first-order valence-electron chi connectivity index (χ1n) is 4.81. The predicted octanol–water partition coefficient (Wildman–Crippen LogP) is 0.356. The van der Waals surface area contributed by atoms with E-state index in [0.29, 0.717) is 11.3 Å². The molecule has 17 heavy (non-hydrogen) atoms. The summed E-state index contributed by atoms with van der Waals surface area (Å²) >= 11 is 1.34. The molecular formula is C10H14N4O2S. The molecule has 0 atom stereocenters. The molecule has 1 heterocycles. The van der Waals surface area contributed by atoms with Crippen molar-refractivity contribution < 1.29 is 10.0 Å². The van der Waals surface area contributed by atoms with E-state index in [0.717, 1.165) is 5.03 Å². The largest absolute Gasteiger partial charge is 0.409 e. The first kappa shape index (κ1) is 13.3. The van der Waals surface area contributed by atoms with E-state index in [1.54, 1.807) is 26.2 Å². The van der Waals surface area contributed by atoms with E-state index in [1.807, 2.05) is 0 Å². The minimum Gasteiger partial charge on any atom is -0.409 e. The summed E-state index contributed by atoms with van der Waals surface area (Å²) in [4.78, 5) is 17.0. The molecule has 1 amide bonds. The van der Waals surface area contributed by atoms with Gasteiger partial charge in [0, 0.05) is 25.9 Å². The van der Waals surface area contributed by atoms with Crippen molar-refractivity contribution >= 4 is 23.5 Å². The summed E-state index contributed by atoms with van der Waals surface area (Å²) in [6.45, 7) is 0. The summed E-state index contributed by atoms with van der Waals surface area (Å²) in [5.41, 5.74) is 5.94. The van der Waals surface area contributed by atoms with Gasteiger partial charge in [0.05, 0.1) is 10.8 Å². The van der Waals surface area contributed by atoms with Gasteiger partial charge in [0.1, 0.15) is 0 Å². The lowest BCUT2D eigenvalue weighted by molar-refractivity contribution is -0.125. The third-order valence-electron chi connectivity index (χ3n) is 1.98. The van der Waals surface area contributed by atoms with Crippen molar-refractivity contribution in [2.45, 2.75) is 5.03 Å². The topological polar surface area (TPSA) is 91.8 Å². The second-order valence-electron chi connectivity index (χ2n) is 3.45. The fourth-order valence-corrected chi connectivity index (χ4v) is 1.76. The number of pyridine rings is 1. The third-order valence-corrected chi connectivity index (χ3v) is 2.91. The molecule has 0 unspecified atom stereocenters. The zero-order chi connectivity index (χ0) is 12.8. The van der Waals surface area contributed by atoms with E-state index < -0.39 is 0 Å². The maximum absolute atomic E-state index is 11.3. The second kappa shape index (κ2) is 6.09. The van der Waals surface area contributed by atoms with Crippen LogP contribution < -0.4 is 5.73 Å². The number of carbonyl (C=O) groups excluding carboxylic acids is 1.